The maximum Gasteiger partial charge on any atom is 0.261 e. The Morgan fingerprint density at radius 2 is 1.70 bits per heavy atom. The Morgan fingerprint density at radius 3 is 2.40 bits per heavy atom. The van der Waals surface area contributed by atoms with E-state index < -0.39 is 6.04 Å². The predicted molar refractivity (Wildman–Crippen MR) is 162 cm³/mol. The van der Waals surface area contributed by atoms with E-state index in [2.05, 4.69) is 28.2 Å². The average Bonchev–Trinajstić information content (AvgIpc) is 2.99. The van der Waals surface area contributed by atoms with Gasteiger partial charge in [-0.15, -0.1) is 0 Å². The van der Waals surface area contributed by atoms with Crippen molar-refractivity contribution in [2.24, 2.45) is 0 Å². The van der Waals surface area contributed by atoms with Gasteiger partial charge in [0.1, 0.15) is 17.5 Å². The van der Waals surface area contributed by atoms with Crippen LogP contribution in [0.1, 0.15) is 55.7 Å². The van der Waals surface area contributed by atoms with Gasteiger partial charge < -0.3 is 19.7 Å². The van der Waals surface area contributed by atoms with Gasteiger partial charge in [-0.2, -0.15) is 0 Å². The molecule has 1 aliphatic carbocycles. The Hall–Kier alpha value is -3.32. The predicted octanol–water partition coefficient (Wildman–Crippen LogP) is 6.49. The smallest absolute Gasteiger partial charge is 0.261 e. The molecule has 1 fully saturated rings. The lowest BCUT2D eigenvalue weighted by molar-refractivity contribution is -0.143. The van der Waals surface area contributed by atoms with Crippen LogP contribution < -0.4 is 14.8 Å². The van der Waals surface area contributed by atoms with E-state index in [0.717, 1.165) is 47.7 Å². The molecule has 0 unspecified atom stereocenters. The first-order valence-electron chi connectivity index (χ1n) is 14.1. The SMILES string of the molecule is CCc1ccc(OCC(=O)N(Cc2cccc(OC)c2)[C@H](Cc2ccccc2)C(=O)NC2CCCCC2)c(Br)c1. The summed E-state index contributed by atoms with van der Waals surface area (Å²) in [5, 5.41) is 3.27. The number of carbonyl (C=O) groups is 2. The minimum absolute atomic E-state index is 0.125. The summed E-state index contributed by atoms with van der Waals surface area (Å²) in [7, 11) is 1.62. The average molecular weight is 608 g/mol. The third-order valence-electron chi connectivity index (χ3n) is 7.47. The highest BCUT2D eigenvalue weighted by Crippen LogP contribution is 2.27. The molecule has 0 radical (unpaired) electrons. The first kappa shape index (κ1) is 29.7. The molecule has 2 amide bonds. The van der Waals surface area contributed by atoms with Crippen LogP contribution in [0.25, 0.3) is 0 Å². The molecule has 40 heavy (non-hydrogen) atoms. The monoisotopic (exact) mass is 606 g/mol. The van der Waals surface area contributed by atoms with E-state index in [0.29, 0.717) is 17.9 Å². The zero-order valence-corrected chi connectivity index (χ0v) is 25.0. The van der Waals surface area contributed by atoms with Gasteiger partial charge in [-0.25, -0.2) is 0 Å². The van der Waals surface area contributed by atoms with Gasteiger partial charge in [0.2, 0.25) is 5.91 Å². The lowest BCUT2D eigenvalue weighted by atomic mass is 9.94. The Balaban J connectivity index is 1.62. The molecule has 0 aromatic heterocycles. The van der Waals surface area contributed by atoms with Crippen LogP contribution in [-0.4, -0.2) is 42.5 Å². The summed E-state index contributed by atoms with van der Waals surface area (Å²) in [5.74, 6) is 0.917. The number of nitrogens with zero attached hydrogens (tertiary/aromatic N) is 1. The molecular weight excluding hydrogens is 568 g/mol. The Bertz CT molecular complexity index is 1260. The quantitative estimate of drug-likeness (QED) is 0.256. The normalized spacial score (nSPS) is 14.3. The van der Waals surface area contributed by atoms with E-state index in [1.54, 1.807) is 12.0 Å². The minimum atomic E-state index is -0.697. The molecule has 0 aliphatic heterocycles. The van der Waals surface area contributed by atoms with Crippen molar-refractivity contribution >= 4 is 27.7 Å². The fourth-order valence-electron chi connectivity index (χ4n) is 5.17. The van der Waals surface area contributed by atoms with Crippen molar-refractivity contribution < 1.29 is 19.1 Å². The van der Waals surface area contributed by atoms with Gasteiger partial charge in [0.15, 0.2) is 6.61 Å². The molecule has 4 rings (SSSR count). The van der Waals surface area contributed by atoms with Crippen LogP contribution in [0.5, 0.6) is 11.5 Å². The number of rotatable bonds is 12. The van der Waals surface area contributed by atoms with Crippen molar-refractivity contribution in [2.75, 3.05) is 13.7 Å². The van der Waals surface area contributed by atoms with E-state index >= 15 is 0 Å². The van der Waals surface area contributed by atoms with E-state index in [-0.39, 0.29) is 31.0 Å². The number of amides is 2. The third-order valence-corrected chi connectivity index (χ3v) is 8.09. The summed E-state index contributed by atoms with van der Waals surface area (Å²) < 4.78 is 12.2. The van der Waals surface area contributed by atoms with E-state index in [1.807, 2.05) is 72.8 Å². The van der Waals surface area contributed by atoms with Crippen LogP contribution >= 0.6 is 15.9 Å². The molecule has 3 aromatic rings. The lowest BCUT2D eigenvalue weighted by Gasteiger charge is -2.33. The summed E-state index contributed by atoms with van der Waals surface area (Å²) >= 11 is 3.57. The molecule has 3 aromatic carbocycles. The molecule has 1 atom stereocenters. The highest BCUT2D eigenvalue weighted by atomic mass is 79.9. The topological polar surface area (TPSA) is 67.9 Å². The van der Waals surface area contributed by atoms with Gasteiger partial charge in [-0.05, 0) is 76.1 Å². The van der Waals surface area contributed by atoms with Crippen molar-refractivity contribution in [1.82, 2.24) is 10.2 Å². The van der Waals surface area contributed by atoms with Crippen molar-refractivity contribution in [3.05, 3.63) is 94.0 Å². The first-order valence-corrected chi connectivity index (χ1v) is 14.9. The molecule has 0 heterocycles. The van der Waals surface area contributed by atoms with Crippen molar-refractivity contribution in [2.45, 2.75) is 70.5 Å². The molecule has 0 bridgehead atoms. The fraction of sp³-hybridized carbons (Fsp3) is 0.394. The second-order valence-electron chi connectivity index (χ2n) is 10.3. The number of aryl methyl sites for hydroxylation is 1. The van der Waals surface area contributed by atoms with Gasteiger partial charge in [0, 0.05) is 19.0 Å². The summed E-state index contributed by atoms with van der Waals surface area (Å²) in [6.07, 6.45) is 6.68. The molecule has 212 valence electrons. The van der Waals surface area contributed by atoms with Gasteiger partial charge in [-0.3, -0.25) is 9.59 Å². The molecule has 0 spiro atoms. The van der Waals surface area contributed by atoms with Crippen LogP contribution in [0.2, 0.25) is 0 Å². The number of halogens is 1. The maximum atomic E-state index is 13.9. The summed E-state index contributed by atoms with van der Waals surface area (Å²) in [6, 6.07) is 22.8. The third kappa shape index (κ3) is 8.34. The van der Waals surface area contributed by atoms with E-state index in [9.17, 15) is 9.59 Å². The van der Waals surface area contributed by atoms with E-state index in [4.69, 9.17) is 9.47 Å². The highest BCUT2D eigenvalue weighted by molar-refractivity contribution is 9.10. The Kier molecular flexibility index (Phi) is 11.0. The summed E-state index contributed by atoms with van der Waals surface area (Å²) in [5.41, 5.74) is 3.05. The van der Waals surface area contributed by atoms with Gasteiger partial charge in [0.25, 0.3) is 5.91 Å². The number of hydrogen-bond acceptors (Lipinski definition) is 4. The van der Waals surface area contributed by atoms with Crippen LogP contribution in [0, 0.1) is 0 Å². The first-order chi connectivity index (χ1) is 19.5. The summed E-state index contributed by atoms with van der Waals surface area (Å²) in [6.45, 7) is 2.16. The number of nitrogens with one attached hydrogen (secondary N) is 1. The summed E-state index contributed by atoms with van der Waals surface area (Å²) in [4.78, 5) is 29.5. The zero-order valence-electron chi connectivity index (χ0n) is 23.4. The van der Waals surface area contributed by atoms with Gasteiger partial charge >= 0.3 is 0 Å². The molecule has 1 N–H and O–H groups in total. The van der Waals surface area contributed by atoms with Crippen LogP contribution in [0.4, 0.5) is 0 Å². The second kappa shape index (κ2) is 14.9. The number of ether oxygens (including phenoxy) is 2. The fourth-order valence-corrected chi connectivity index (χ4v) is 5.71. The highest BCUT2D eigenvalue weighted by Gasteiger charge is 2.32. The van der Waals surface area contributed by atoms with Crippen molar-refractivity contribution in [1.29, 1.82) is 0 Å². The minimum Gasteiger partial charge on any atom is -0.497 e. The second-order valence-corrected chi connectivity index (χ2v) is 11.2. The number of methoxy groups -OCH3 is 1. The molecule has 0 saturated heterocycles. The van der Waals surface area contributed by atoms with Gasteiger partial charge in [-0.1, -0.05) is 74.7 Å². The van der Waals surface area contributed by atoms with Crippen LogP contribution in [0.15, 0.2) is 77.3 Å². The molecule has 1 saturated carbocycles. The molecule has 1 aliphatic rings. The molecule has 7 heteroatoms. The van der Waals surface area contributed by atoms with E-state index in [1.165, 1.54) is 12.0 Å². The van der Waals surface area contributed by atoms with Crippen LogP contribution in [0.3, 0.4) is 0 Å². The zero-order chi connectivity index (χ0) is 28.3. The largest absolute Gasteiger partial charge is 0.497 e. The number of benzene rings is 3. The maximum absolute atomic E-state index is 13.9. The standard InChI is InChI=1S/C33H39BrN2O4/c1-3-24-17-18-31(29(34)20-24)40-23-32(37)36(22-26-13-10-16-28(19-26)39-2)30(21-25-11-6-4-7-12-25)33(38)35-27-14-8-5-9-15-27/h4,6-7,10-13,16-20,27,30H,3,5,8-9,14-15,21-23H2,1-2H3,(H,35,38)/t30-/m1/s1. The van der Waals surface area contributed by atoms with Gasteiger partial charge in [0.05, 0.1) is 11.6 Å². The van der Waals surface area contributed by atoms with Crippen molar-refractivity contribution in [3.8, 4) is 11.5 Å². The number of carbonyl (C=O) groups excluding carboxylic acids is 2. The lowest BCUT2D eigenvalue weighted by Crippen LogP contribution is -2.53. The van der Waals surface area contributed by atoms with Crippen molar-refractivity contribution in [3.63, 3.8) is 0 Å². The Labute approximate surface area is 246 Å². The Morgan fingerprint density at radius 1 is 0.950 bits per heavy atom. The van der Waals surface area contributed by atoms with Crippen LogP contribution in [-0.2, 0) is 29.0 Å². The molecular formula is C33H39BrN2O4. The molecule has 6 nitrogen and oxygen atoms in total. The number of hydrogen-bond donors (Lipinski definition) is 1.